The van der Waals surface area contributed by atoms with Crippen LogP contribution in [-0.4, -0.2) is 9.36 Å². The zero-order valence-electron chi connectivity index (χ0n) is 8.23. The van der Waals surface area contributed by atoms with E-state index in [1.807, 2.05) is 0 Å². The van der Waals surface area contributed by atoms with E-state index in [9.17, 15) is 13.2 Å². The maximum Gasteiger partial charge on any atom is 0.417 e. The second-order valence-corrected chi connectivity index (χ2v) is 4.68. The molecule has 0 amide bonds. The van der Waals surface area contributed by atoms with Gasteiger partial charge in [0.2, 0.25) is 0 Å². The first-order valence-electron chi connectivity index (χ1n) is 4.39. The van der Waals surface area contributed by atoms with Crippen LogP contribution in [0.3, 0.4) is 0 Å². The van der Waals surface area contributed by atoms with E-state index in [2.05, 4.69) is 9.36 Å². The Bertz CT molecular complexity index is 524. The molecule has 0 radical (unpaired) electrons. The Morgan fingerprint density at radius 3 is 2.53 bits per heavy atom. The van der Waals surface area contributed by atoms with Crippen molar-refractivity contribution >= 4 is 23.5 Å². The van der Waals surface area contributed by atoms with Gasteiger partial charge in [0.1, 0.15) is 0 Å². The summed E-state index contributed by atoms with van der Waals surface area (Å²) >= 11 is 1.83. The summed E-state index contributed by atoms with van der Waals surface area (Å²) in [6.45, 7) is 0. The second-order valence-electron chi connectivity index (χ2n) is 3.05. The van der Waals surface area contributed by atoms with Gasteiger partial charge in [-0.3, -0.25) is 5.14 Å². The van der Waals surface area contributed by atoms with Crippen molar-refractivity contribution in [1.82, 2.24) is 9.36 Å². The minimum atomic E-state index is -4.42. The molecule has 2 aromatic rings. The van der Waals surface area contributed by atoms with Crippen LogP contribution in [0.5, 0.6) is 0 Å². The Balaban J connectivity index is 2.52. The van der Waals surface area contributed by atoms with Crippen molar-refractivity contribution in [2.75, 3.05) is 0 Å². The number of hydrogen-bond acceptors (Lipinski definition) is 5. The molecule has 90 valence electrons. The molecule has 0 aliphatic rings. The van der Waals surface area contributed by atoms with E-state index in [4.69, 9.17) is 5.14 Å². The van der Waals surface area contributed by atoms with E-state index >= 15 is 0 Å². The van der Waals surface area contributed by atoms with Gasteiger partial charge in [0.25, 0.3) is 0 Å². The fraction of sp³-hybridized carbons (Fsp3) is 0.111. The van der Waals surface area contributed by atoms with Crippen LogP contribution >= 0.6 is 23.5 Å². The SMILES string of the molecule is NSc1nc(-c2ccccc2C(F)(F)F)ns1. The largest absolute Gasteiger partial charge is 0.417 e. The topological polar surface area (TPSA) is 51.8 Å². The number of halogens is 3. The summed E-state index contributed by atoms with van der Waals surface area (Å²) in [5.74, 6) is 0.0517. The maximum absolute atomic E-state index is 12.7. The summed E-state index contributed by atoms with van der Waals surface area (Å²) in [7, 11) is 0. The summed E-state index contributed by atoms with van der Waals surface area (Å²) < 4.78 is 42.5. The highest BCUT2D eigenvalue weighted by Crippen LogP contribution is 2.36. The number of nitrogens with two attached hydrogens (primary N) is 1. The van der Waals surface area contributed by atoms with Gasteiger partial charge in [-0.25, -0.2) is 4.98 Å². The lowest BCUT2D eigenvalue weighted by molar-refractivity contribution is -0.137. The highest BCUT2D eigenvalue weighted by Gasteiger charge is 2.34. The molecule has 0 saturated heterocycles. The first kappa shape index (κ1) is 12.3. The van der Waals surface area contributed by atoms with Gasteiger partial charge in [-0.2, -0.15) is 17.5 Å². The number of benzene rings is 1. The Morgan fingerprint density at radius 1 is 1.24 bits per heavy atom. The molecule has 2 rings (SSSR count). The third-order valence-electron chi connectivity index (χ3n) is 1.98. The van der Waals surface area contributed by atoms with Gasteiger partial charge in [0.15, 0.2) is 10.2 Å². The van der Waals surface area contributed by atoms with Crippen LogP contribution in [-0.2, 0) is 6.18 Å². The van der Waals surface area contributed by atoms with Gasteiger partial charge in [0, 0.05) is 5.56 Å². The Labute approximate surface area is 103 Å². The lowest BCUT2D eigenvalue weighted by Gasteiger charge is -2.09. The molecule has 17 heavy (non-hydrogen) atoms. The molecule has 0 saturated carbocycles. The number of rotatable bonds is 2. The van der Waals surface area contributed by atoms with Crippen LogP contribution in [0.2, 0.25) is 0 Å². The van der Waals surface area contributed by atoms with Crippen molar-refractivity contribution in [3.05, 3.63) is 29.8 Å². The van der Waals surface area contributed by atoms with Crippen molar-refractivity contribution in [1.29, 1.82) is 0 Å². The minimum Gasteiger partial charge on any atom is -0.272 e. The minimum absolute atomic E-state index is 0.0310. The molecular formula is C9H6F3N3S2. The van der Waals surface area contributed by atoms with Gasteiger partial charge in [-0.15, -0.1) is 0 Å². The first-order chi connectivity index (χ1) is 8.02. The van der Waals surface area contributed by atoms with Gasteiger partial charge in [-0.1, -0.05) is 18.2 Å². The zero-order chi connectivity index (χ0) is 12.5. The Hall–Kier alpha value is -1.12. The van der Waals surface area contributed by atoms with Crippen molar-refractivity contribution < 1.29 is 13.2 Å². The average Bonchev–Trinajstić information content (AvgIpc) is 2.76. The molecular weight excluding hydrogens is 271 g/mol. The van der Waals surface area contributed by atoms with Gasteiger partial charge in [0.05, 0.1) is 5.56 Å². The van der Waals surface area contributed by atoms with E-state index in [1.54, 1.807) is 0 Å². The first-order valence-corrected chi connectivity index (χ1v) is 6.04. The fourth-order valence-electron chi connectivity index (χ4n) is 1.29. The average molecular weight is 277 g/mol. The summed E-state index contributed by atoms with van der Waals surface area (Å²) in [6, 6.07) is 5.19. The fourth-order valence-corrected chi connectivity index (χ4v) is 2.15. The highest BCUT2D eigenvalue weighted by atomic mass is 32.2. The highest BCUT2D eigenvalue weighted by molar-refractivity contribution is 7.98. The van der Waals surface area contributed by atoms with Crippen LogP contribution in [0.25, 0.3) is 11.4 Å². The van der Waals surface area contributed by atoms with Crippen molar-refractivity contribution in [3.8, 4) is 11.4 Å². The molecule has 0 atom stereocenters. The smallest absolute Gasteiger partial charge is 0.272 e. The van der Waals surface area contributed by atoms with Crippen LogP contribution in [0.4, 0.5) is 13.2 Å². The van der Waals surface area contributed by atoms with Gasteiger partial charge in [-0.05, 0) is 29.5 Å². The van der Waals surface area contributed by atoms with Gasteiger partial charge < -0.3 is 0 Å². The molecule has 0 unspecified atom stereocenters. The summed E-state index contributed by atoms with van der Waals surface area (Å²) in [5, 5.41) is 5.27. The summed E-state index contributed by atoms with van der Waals surface area (Å²) in [6.07, 6.45) is -4.42. The number of nitrogens with zero attached hydrogens (tertiary/aromatic N) is 2. The molecule has 0 bridgehead atoms. The van der Waals surface area contributed by atoms with Crippen molar-refractivity contribution in [2.45, 2.75) is 10.5 Å². The van der Waals surface area contributed by atoms with E-state index in [1.165, 1.54) is 18.2 Å². The van der Waals surface area contributed by atoms with Crippen molar-refractivity contribution in [3.63, 3.8) is 0 Å². The predicted molar refractivity (Wildman–Crippen MR) is 60.4 cm³/mol. The number of hydrogen-bond donors (Lipinski definition) is 1. The standard InChI is InChI=1S/C9H6F3N3S2/c10-9(11,12)6-4-2-1-3-5(6)7-14-8(16-13)17-15-7/h1-4H,13H2. The zero-order valence-corrected chi connectivity index (χ0v) is 9.86. The summed E-state index contributed by atoms with van der Waals surface area (Å²) in [4.78, 5) is 3.92. The Morgan fingerprint density at radius 2 is 1.94 bits per heavy atom. The third kappa shape index (κ3) is 2.59. The number of alkyl halides is 3. The second kappa shape index (κ2) is 4.63. The molecule has 0 spiro atoms. The van der Waals surface area contributed by atoms with E-state index in [0.717, 1.165) is 29.5 Å². The normalized spacial score (nSPS) is 11.8. The third-order valence-corrected chi connectivity index (χ3v) is 3.30. The molecule has 2 N–H and O–H groups in total. The van der Waals surface area contributed by atoms with Crippen molar-refractivity contribution in [2.24, 2.45) is 5.14 Å². The molecule has 0 fully saturated rings. The number of aromatic nitrogens is 2. The van der Waals surface area contributed by atoms with Gasteiger partial charge >= 0.3 is 6.18 Å². The van der Waals surface area contributed by atoms with E-state index in [-0.39, 0.29) is 11.4 Å². The molecule has 8 heteroatoms. The molecule has 1 aromatic heterocycles. The lowest BCUT2D eigenvalue weighted by atomic mass is 10.1. The lowest BCUT2D eigenvalue weighted by Crippen LogP contribution is -2.07. The quantitative estimate of drug-likeness (QED) is 0.856. The summed E-state index contributed by atoms with van der Waals surface area (Å²) in [5.41, 5.74) is -0.775. The van der Waals surface area contributed by atoms with E-state index in [0.29, 0.717) is 4.34 Å². The molecule has 0 aliphatic carbocycles. The molecule has 3 nitrogen and oxygen atoms in total. The Kier molecular flexibility index (Phi) is 3.36. The van der Waals surface area contributed by atoms with E-state index < -0.39 is 11.7 Å². The maximum atomic E-state index is 12.7. The predicted octanol–water partition coefficient (Wildman–Crippen LogP) is 3.19. The molecule has 1 heterocycles. The molecule has 0 aliphatic heterocycles. The van der Waals surface area contributed by atoms with Crippen LogP contribution in [0.1, 0.15) is 5.56 Å². The van der Waals surface area contributed by atoms with Crippen LogP contribution < -0.4 is 5.14 Å². The monoisotopic (exact) mass is 277 g/mol. The van der Waals surface area contributed by atoms with Crippen LogP contribution in [0.15, 0.2) is 28.6 Å². The molecule has 1 aromatic carbocycles. The van der Waals surface area contributed by atoms with Crippen LogP contribution in [0, 0.1) is 0 Å².